The highest BCUT2D eigenvalue weighted by Gasteiger charge is 2.68. The highest BCUT2D eigenvalue weighted by atomic mass is 19.4. The average molecular weight is 371 g/mol. The van der Waals surface area contributed by atoms with E-state index in [9.17, 15) is 33.2 Å². The minimum Gasteiger partial charge on any atom is -0.362 e. The van der Waals surface area contributed by atoms with Crippen molar-refractivity contribution in [2.24, 2.45) is 11.0 Å². The third-order valence-corrected chi connectivity index (χ3v) is 4.78. The lowest BCUT2D eigenvalue weighted by atomic mass is 9.87. The molecule has 7 nitrogen and oxygen atoms in total. The van der Waals surface area contributed by atoms with E-state index in [4.69, 9.17) is 0 Å². The van der Waals surface area contributed by atoms with Gasteiger partial charge in [0.1, 0.15) is 0 Å². The van der Waals surface area contributed by atoms with Crippen LogP contribution in [0.5, 0.6) is 0 Å². The number of rotatable bonds is 2. The second kappa shape index (κ2) is 6.35. The first-order chi connectivity index (χ1) is 12.2. The fraction of sp³-hybridized carbons (Fsp3) is 0.500. The van der Waals surface area contributed by atoms with Crippen molar-refractivity contribution in [3.05, 3.63) is 39.9 Å². The fourth-order valence-electron chi connectivity index (χ4n) is 3.47. The number of nitro groups is 1. The van der Waals surface area contributed by atoms with Gasteiger partial charge in [0.15, 0.2) is 0 Å². The minimum atomic E-state index is -5.12. The van der Waals surface area contributed by atoms with Gasteiger partial charge in [0.05, 0.1) is 10.8 Å². The van der Waals surface area contributed by atoms with Crippen LogP contribution in [0.4, 0.5) is 18.9 Å². The first-order valence-corrected chi connectivity index (χ1v) is 8.11. The molecule has 0 bridgehead atoms. The molecule has 2 aliphatic rings. The van der Waals surface area contributed by atoms with E-state index in [0.29, 0.717) is 12.8 Å². The first kappa shape index (κ1) is 18.3. The summed E-state index contributed by atoms with van der Waals surface area (Å²) in [5.41, 5.74) is -4.09. The van der Waals surface area contributed by atoms with Gasteiger partial charge in [-0.15, -0.1) is 0 Å². The van der Waals surface area contributed by atoms with E-state index in [1.165, 1.54) is 6.07 Å². The van der Waals surface area contributed by atoms with Crippen molar-refractivity contribution in [3.8, 4) is 0 Å². The second-order valence-corrected chi connectivity index (χ2v) is 6.39. The molecule has 0 unspecified atom stereocenters. The van der Waals surface area contributed by atoms with Crippen LogP contribution in [0.3, 0.4) is 0 Å². The third kappa shape index (κ3) is 2.83. The van der Waals surface area contributed by atoms with Crippen molar-refractivity contribution >= 4 is 17.3 Å². The summed E-state index contributed by atoms with van der Waals surface area (Å²) in [6.07, 6.45) is -2.95. The van der Waals surface area contributed by atoms with Crippen LogP contribution in [0.15, 0.2) is 29.4 Å². The highest BCUT2D eigenvalue weighted by molar-refractivity contribution is 5.99. The summed E-state index contributed by atoms with van der Waals surface area (Å²) in [5, 5.41) is 25.3. The summed E-state index contributed by atoms with van der Waals surface area (Å²) < 4.78 is 41.3. The number of hydrogen-bond donors (Lipinski definition) is 1. The van der Waals surface area contributed by atoms with Crippen LogP contribution >= 0.6 is 0 Å². The molecule has 140 valence electrons. The van der Waals surface area contributed by atoms with Crippen molar-refractivity contribution < 1.29 is 28.0 Å². The summed E-state index contributed by atoms with van der Waals surface area (Å²) in [6.45, 7) is 0. The van der Waals surface area contributed by atoms with Crippen LogP contribution < -0.4 is 0 Å². The van der Waals surface area contributed by atoms with E-state index in [-0.39, 0.29) is 29.1 Å². The van der Waals surface area contributed by atoms with Crippen molar-refractivity contribution in [1.29, 1.82) is 0 Å². The zero-order valence-electron chi connectivity index (χ0n) is 13.6. The Morgan fingerprint density at radius 1 is 1.35 bits per heavy atom. The Labute approximate surface area is 146 Å². The largest absolute Gasteiger partial charge is 0.439 e. The van der Waals surface area contributed by atoms with Gasteiger partial charge in [-0.05, 0) is 25.3 Å². The molecule has 1 aliphatic heterocycles. The van der Waals surface area contributed by atoms with E-state index in [1.54, 1.807) is 0 Å². The summed E-state index contributed by atoms with van der Waals surface area (Å²) in [6, 6.07) is 4.33. The molecule has 1 amide bonds. The van der Waals surface area contributed by atoms with Crippen molar-refractivity contribution in [1.82, 2.24) is 5.01 Å². The molecule has 0 radical (unpaired) electrons. The number of amides is 1. The molecule has 0 saturated heterocycles. The molecule has 10 heteroatoms. The average Bonchev–Trinajstić information content (AvgIpc) is 2.74. The molecule has 2 atom stereocenters. The molecule has 3 rings (SSSR count). The molecule has 1 aromatic rings. The number of hydrogen-bond acceptors (Lipinski definition) is 5. The lowest BCUT2D eigenvalue weighted by Gasteiger charge is -2.37. The number of hydrazone groups is 1. The van der Waals surface area contributed by atoms with Crippen LogP contribution in [-0.2, 0) is 0 Å². The maximum absolute atomic E-state index is 13.8. The number of nitro benzene ring substituents is 1. The van der Waals surface area contributed by atoms with Crippen LogP contribution in [0, 0.1) is 16.0 Å². The van der Waals surface area contributed by atoms with Gasteiger partial charge in [0, 0.05) is 23.4 Å². The third-order valence-electron chi connectivity index (χ3n) is 4.78. The normalized spacial score (nSPS) is 26.1. The van der Waals surface area contributed by atoms with Crippen LogP contribution in [0.1, 0.15) is 42.5 Å². The van der Waals surface area contributed by atoms with E-state index >= 15 is 0 Å². The zero-order valence-corrected chi connectivity index (χ0v) is 13.6. The molecule has 1 saturated carbocycles. The summed E-state index contributed by atoms with van der Waals surface area (Å²) in [7, 11) is 0. The van der Waals surface area contributed by atoms with Crippen molar-refractivity contribution in [2.45, 2.75) is 44.0 Å². The number of carbonyl (C=O) groups is 1. The Hall–Kier alpha value is -2.49. The smallest absolute Gasteiger partial charge is 0.362 e. The molecule has 0 spiro atoms. The number of fused-ring (bicyclic) bond motifs is 1. The molecule has 1 N–H and O–H groups in total. The summed E-state index contributed by atoms with van der Waals surface area (Å²) in [4.78, 5) is 22.7. The lowest BCUT2D eigenvalue weighted by Crippen LogP contribution is -2.61. The van der Waals surface area contributed by atoms with Gasteiger partial charge in [0.2, 0.25) is 0 Å². The first-order valence-electron chi connectivity index (χ1n) is 8.11. The molecule has 0 aromatic heterocycles. The molecular formula is C16H16F3N3O4. The van der Waals surface area contributed by atoms with E-state index in [2.05, 4.69) is 5.10 Å². The van der Waals surface area contributed by atoms with Gasteiger partial charge < -0.3 is 5.11 Å². The summed E-state index contributed by atoms with van der Waals surface area (Å²) >= 11 is 0. The van der Waals surface area contributed by atoms with Gasteiger partial charge in [-0.3, -0.25) is 14.9 Å². The fourth-order valence-corrected chi connectivity index (χ4v) is 3.47. The Morgan fingerprint density at radius 2 is 2.08 bits per heavy atom. The Kier molecular flexibility index (Phi) is 4.47. The molecule has 1 fully saturated rings. The van der Waals surface area contributed by atoms with E-state index in [1.807, 2.05) is 0 Å². The number of halogens is 3. The highest BCUT2D eigenvalue weighted by Crippen LogP contribution is 2.48. The topological polar surface area (TPSA) is 96.0 Å². The number of benzene rings is 1. The number of alkyl halides is 3. The molecule has 1 aromatic carbocycles. The SMILES string of the molecule is O=C(c1cccc([N+](=O)[O-])c1)N1N=C2CCCCC[C@H]2[C@]1(O)C(F)(F)F. The van der Waals surface area contributed by atoms with Crippen molar-refractivity contribution in [3.63, 3.8) is 0 Å². The van der Waals surface area contributed by atoms with Crippen molar-refractivity contribution in [2.75, 3.05) is 0 Å². The molecule has 1 heterocycles. The number of aliphatic hydroxyl groups is 1. The lowest BCUT2D eigenvalue weighted by molar-refractivity contribution is -0.384. The number of carbonyl (C=O) groups excluding carboxylic acids is 1. The quantitative estimate of drug-likeness (QED) is 0.638. The number of nitrogens with zero attached hydrogens (tertiary/aromatic N) is 3. The van der Waals surface area contributed by atoms with E-state index < -0.39 is 34.3 Å². The predicted octanol–water partition coefficient (Wildman–Crippen LogP) is 3.24. The van der Waals surface area contributed by atoms with Crippen LogP contribution in [0.2, 0.25) is 0 Å². The van der Waals surface area contributed by atoms with Crippen LogP contribution in [-0.4, -0.2) is 38.6 Å². The predicted molar refractivity (Wildman–Crippen MR) is 84.3 cm³/mol. The van der Waals surface area contributed by atoms with Gasteiger partial charge in [-0.1, -0.05) is 18.9 Å². The summed E-state index contributed by atoms with van der Waals surface area (Å²) in [5.74, 6) is -2.55. The maximum Gasteiger partial charge on any atom is 0.439 e. The number of non-ortho nitro benzene ring substituents is 1. The van der Waals surface area contributed by atoms with E-state index in [0.717, 1.165) is 24.6 Å². The van der Waals surface area contributed by atoms with Crippen LogP contribution in [0.25, 0.3) is 0 Å². The van der Waals surface area contributed by atoms with Gasteiger partial charge in [-0.2, -0.15) is 23.3 Å². The molecule has 26 heavy (non-hydrogen) atoms. The monoisotopic (exact) mass is 371 g/mol. The second-order valence-electron chi connectivity index (χ2n) is 6.39. The standard InChI is InChI=1S/C16H16F3N3O4/c17-16(18,19)15(24)12-7-2-1-3-8-13(12)20-21(15)14(23)10-5-4-6-11(9-10)22(25)26/h4-6,9,12,24H,1-3,7-8H2/t12-,15+/m1/s1. The Bertz CT molecular complexity index is 780. The van der Waals surface area contributed by atoms with Gasteiger partial charge in [-0.25, -0.2) is 0 Å². The van der Waals surface area contributed by atoms with Gasteiger partial charge in [0.25, 0.3) is 17.3 Å². The Balaban J connectivity index is 2.05. The Morgan fingerprint density at radius 3 is 2.73 bits per heavy atom. The molecular weight excluding hydrogens is 355 g/mol. The molecule has 1 aliphatic carbocycles. The maximum atomic E-state index is 13.8. The zero-order chi connectivity index (χ0) is 19.1. The van der Waals surface area contributed by atoms with Gasteiger partial charge >= 0.3 is 6.18 Å². The minimum absolute atomic E-state index is 0.0530.